The Morgan fingerprint density at radius 1 is 0.943 bits per heavy atom. The van der Waals surface area contributed by atoms with Crippen molar-refractivity contribution in [2.24, 2.45) is 0 Å². The van der Waals surface area contributed by atoms with Gasteiger partial charge in [0.05, 0.1) is 18.2 Å². The third-order valence-electron chi connectivity index (χ3n) is 6.63. The molecule has 0 radical (unpaired) electrons. The van der Waals surface area contributed by atoms with Crippen LogP contribution in [0.15, 0.2) is 90.1 Å². The summed E-state index contributed by atoms with van der Waals surface area (Å²) in [5.74, 6) is 0.978. The second kappa shape index (κ2) is 10.1. The Kier molecular flexibility index (Phi) is 6.59. The Morgan fingerprint density at radius 2 is 1.71 bits per heavy atom. The van der Waals surface area contributed by atoms with Crippen LogP contribution >= 0.6 is 0 Å². The molecule has 0 saturated carbocycles. The van der Waals surface area contributed by atoms with E-state index in [1.54, 1.807) is 29.2 Å². The molecule has 0 bridgehead atoms. The molecule has 0 aliphatic carbocycles. The highest BCUT2D eigenvalue weighted by molar-refractivity contribution is 5.42. The summed E-state index contributed by atoms with van der Waals surface area (Å²) in [5, 5.41) is 11.1. The van der Waals surface area contributed by atoms with Crippen molar-refractivity contribution in [3.63, 3.8) is 0 Å². The van der Waals surface area contributed by atoms with Gasteiger partial charge in [0.1, 0.15) is 11.6 Å². The fraction of sp³-hybridized carbons (Fsp3) is 0.250. The predicted octanol–water partition coefficient (Wildman–Crippen LogP) is 3.61. The van der Waals surface area contributed by atoms with Crippen molar-refractivity contribution in [2.75, 3.05) is 31.1 Å². The number of piperazine rings is 1. The highest BCUT2D eigenvalue weighted by Gasteiger charge is 2.32. The Labute approximate surface area is 204 Å². The first-order valence-corrected chi connectivity index (χ1v) is 11.9. The number of anilines is 1. The lowest BCUT2D eigenvalue weighted by atomic mass is 9.97. The lowest BCUT2D eigenvalue weighted by Gasteiger charge is -2.40. The van der Waals surface area contributed by atoms with Gasteiger partial charge in [-0.05, 0) is 42.3 Å². The Morgan fingerprint density at radius 3 is 2.40 bits per heavy atom. The monoisotopic (exact) mass is 467 g/mol. The minimum absolute atomic E-state index is 0.0258. The van der Waals surface area contributed by atoms with E-state index in [1.165, 1.54) is 0 Å². The quantitative estimate of drug-likeness (QED) is 0.467. The van der Waals surface area contributed by atoms with Gasteiger partial charge < -0.3 is 14.6 Å². The largest absolute Gasteiger partial charge is 0.507 e. The van der Waals surface area contributed by atoms with E-state index in [9.17, 15) is 9.90 Å². The van der Waals surface area contributed by atoms with Crippen molar-refractivity contribution >= 4 is 5.82 Å². The summed E-state index contributed by atoms with van der Waals surface area (Å²) in [4.78, 5) is 27.2. The zero-order valence-corrected chi connectivity index (χ0v) is 19.8. The highest BCUT2D eigenvalue weighted by atomic mass is 16.3. The zero-order valence-electron chi connectivity index (χ0n) is 19.8. The summed E-state index contributed by atoms with van der Waals surface area (Å²) in [7, 11) is 0. The van der Waals surface area contributed by atoms with Gasteiger partial charge in [-0.15, -0.1) is 0 Å². The van der Waals surface area contributed by atoms with Gasteiger partial charge in [0.25, 0.3) is 5.56 Å². The fourth-order valence-electron chi connectivity index (χ4n) is 4.84. The van der Waals surface area contributed by atoms with Crippen molar-refractivity contribution in [3.8, 4) is 5.75 Å². The minimum atomic E-state index is -0.398. The van der Waals surface area contributed by atoms with E-state index in [1.807, 2.05) is 67.6 Å². The molecule has 1 saturated heterocycles. The van der Waals surface area contributed by atoms with Crippen LogP contribution in [0.25, 0.3) is 0 Å². The highest BCUT2D eigenvalue weighted by Crippen LogP contribution is 2.33. The van der Waals surface area contributed by atoms with Crippen LogP contribution in [0, 0.1) is 6.92 Å². The Bertz CT molecular complexity index is 1320. The molecule has 1 N–H and O–H groups in total. The molecule has 178 valence electrons. The van der Waals surface area contributed by atoms with Crippen LogP contribution < -0.4 is 10.5 Å². The number of aromatic nitrogens is 3. The maximum absolute atomic E-state index is 13.9. The molecule has 1 aliphatic rings. The number of aromatic hydroxyl groups is 1. The number of rotatable bonds is 6. The predicted molar refractivity (Wildman–Crippen MR) is 137 cm³/mol. The number of benzene rings is 1. The van der Waals surface area contributed by atoms with Crippen LogP contribution in [0.2, 0.25) is 0 Å². The molecule has 0 amide bonds. The van der Waals surface area contributed by atoms with Crippen molar-refractivity contribution in [3.05, 3.63) is 118 Å². The molecular formula is C28H29N5O2. The molecule has 4 heterocycles. The van der Waals surface area contributed by atoms with E-state index >= 15 is 0 Å². The van der Waals surface area contributed by atoms with E-state index in [4.69, 9.17) is 0 Å². The standard InChI is InChI=1S/C28H29N5O2/c1-21-18-24(34)26(28(35)33(21)20-22-8-3-2-4-9-22)27(23-10-7-12-29-19-23)32-16-14-31(15-17-32)25-11-5-6-13-30-25/h2-13,18-19,27,34H,14-17,20H2,1H3. The van der Waals surface area contributed by atoms with Crippen LogP contribution in [0.4, 0.5) is 5.82 Å². The summed E-state index contributed by atoms with van der Waals surface area (Å²) >= 11 is 0. The van der Waals surface area contributed by atoms with Crippen molar-refractivity contribution in [2.45, 2.75) is 19.5 Å². The summed E-state index contributed by atoms with van der Waals surface area (Å²) < 4.78 is 1.75. The second-order valence-corrected chi connectivity index (χ2v) is 8.86. The number of hydrogen-bond acceptors (Lipinski definition) is 6. The van der Waals surface area contributed by atoms with Gasteiger partial charge in [-0.25, -0.2) is 4.98 Å². The molecule has 35 heavy (non-hydrogen) atoms. The molecule has 1 aromatic carbocycles. The number of pyridine rings is 3. The van der Waals surface area contributed by atoms with Crippen LogP contribution in [0.1, 0.15) is 28.4 Å². The Balaban J connectivity index is 1.52. The first-order chi connectivity index (χ1) is 17.1. The first-order valence-electron chi connectivity index (χ1n) is 11.9. The lowest BCUT2D eigenvalue weighted by Crippen LogP contribution is -2.49. The van der Waals surface area contributed by atoms with Crippen LogP contribution in [-0.4, -0.2) is 50.7 Å². The lowest BCUT2D eigenvalue weighted by molar-refractivity contribution is 0.207. The minimum Gasteiger partial charge on any atom is -0.507 e. The van der Waals surface area contributed by atoms with Crippen molar-refractivity contribution in [1.29, 1.82) is 0 Å². The topological polar surface area (TPSA) is 74.5 Å². The van der Waals surface area contributed by atoms with Crippen LogP contribution in [-0.2, 0) is 6.54 Å². The average Bonchev–Trinajstić information content (AvgIpc) is 2.91. The fourth-order valence-corrected chi connectivity index (χ4v) is 4.84. The maximum Gasteiger partial charge on any atom is 0.259 e. The van der Waals surface area contributed by atoms with Gasteiger partial charge in [0, 0.05) is 50.5 Å². The van der Waals surface area contributed by atoms with E-state index in [-0.39, 0.29) is 11.3 Å². The molecule has 0 spiro atoms. The molecule has 7 heteroatoms. The van der Waals surface area contributed by atoms with Gasteiger partial charge in [0.2, 0.25) is 0 Å². The van der Waals surface area contributed by atoms with E-state index < -0.39 is 6.04 Å². The molecule has 1 aliphatic heterocycles. The zero-order chi connectivity index (χ0) is 24.2. The molecule has 3 aromatic heterocycles. The van der Waals surface area contributed by atoms with Crippen molar-refractivity contribution < 1.29 is 5.11 Å². The smallest absolute Gasteiger partial charge is 0.259 e. The molecular weight excluding hydrogens is 438 g/mol. The van der Waals surface area contributed by atoms with E-state index in [2.05, 4.69) is 19.8 Å². The summed E-state index contributed by atoms with van der Waals surface area (Å²) in [5.41, 5.74) is 2.88. The maximum atomic E-state index is 13.9. The number of aryl methyl sites for hydroxylation is 1. The Hall–Kier alpha value is -3.97. The third kappa shape index (κ3) is 4.81. The molecule has 1 unspecified atom stereocenters. The summed E-state index contributed by atoms with van der Waals surface area (Å²) in [6.07, 6.45) is 5.32. The molecule has 1 atom stereocenters. The normalized spacial score (nSPS) is 15.2. The SMILES string of the molecule is Cc1cc(O)c(C(c2cccnc2)N2CCN(c3ccccn3)CC2)c(=O)n1Cc1ccccc1. The summed E-state index contributed by atoms with van der Waals surface area (Å²) in [6.45, 7) is 5.31. The third-order valence-corrected chi connectivity index (χ3v) is 6.63. The van der Waals surface area contributed by atoms with Crippen LogP contribution in [0.3, 0.4) is 0 Å². The van der Waals surface area contributed by atoms with Gasteiger partial charge in [-0.2, -0.15) is 0 Å². The average molecular weight is 468 g/mol. The van der Waals surface area contributed by atoms with Gasteiger partial charge in [-0.3, -0.25) is 14.7 Å². The first kappa shape index (κ1) is 22.8. The molecule has 5 rings (SSSR count). The molecule has 1 fully saturated rings. The van der Waals surface area contributed by atoms with Crippen molar-refractivity contribution in [1.82, 2.24) is 19.4 Å². The van der Waals surface area contributed by atoms with Gasteiger partial charge in [0.15, 0.2) is 0 Å². The number of nitrogens with zero attached hydrogens (tertiary/aromatic N) is 5. The second-order valence-electron chi connectivity index (χ2n) is 8.86. The summed E-state index contributed by atoms with van der Waals surface area (Å²) in [6, 6.07) is 21.0. The van der Waals surface area contributed by atoms with Gasteiger partial charge in [-0.1, -0.05) is 42.5 Å². The van der Waals surface area contributed by atoms with E-state index in [0.717, 1.165) is 48.8 Å². The number of hydrogen-bond donors (Lipinski definition) is 1. The molecule has 7 nitrogen and oxygen atoms in total. The van der Waals surface area contributed by atoms with Gasteiger partial charge >= 0.3 is 0 Å². The van der Waals surface area contributed by atoms with Crippen LogP contribution in [0.5, 0.6) is 5.75 Å². The van der Waals surface area contributed by atoms with E-state index in [0.29, 0.717) is 12.1 Å². The molecule has 4 aromatic rings.